The van der Waals surface area contributed by atoms with Crippen LogP contribution in [0.1, 0.15) is 18.1 Å². The Balaban J connectivity index is 3.00. The van der Waals surface area contributed by atoms with E-state index in [2.05, 4.69) is 0 Å². The number of hydrogen-bond acceptors (Lipinski definition) is 2. The van der Waals surface area contributed by atoms with E-state index in [4.69, 9.17) is 21.4 Å². The minimum Gasteiger partial charge on any atom is -0.481 e. The maximum absolute atomic E-state index is 12.9. The average molecular weight is 233 g/mol. The Morgan fingerprint density at radius 1 is 1.67 bits per heavy atom. The van der Waals surface area contributed by atoms with Gasteiger partial charge in [0.05, 0.1) is 12.5 Å². The normalized spacial score (nSPS) is 12.5. The summed E-state index contributed by atoms with van der Waals surface area (Å²) in [5.74, 6) is -1.50. The Labute approximate surface area is 91.4 Å². The molecule has 15 heavy (non-hydrogen) atoms. The van der Waals surface area contributed by atoms with Gasteiger partial charge >= 0.3 is 5.97 Å². The molecule has 0 aliphatic carbocycles. The lowest BCUT2D eigenvalue weighted by Gasteiger charge is -2.14. The van der Waals surface area contributed by atoms with E-state index in [9.17, 15) is 9.18 Å². The standard InChI is InChI=1S/C10H10ClFO3/c1-15-9(5-10(13)14)7-4-6(12)2-3-8(7)11/h2-4,9H,5H2,1H3,(H,13,14). The van der Waals surface area contributed by atoms with Gasteiger partial charge in [-0.25, -0.2) is 4.39 Å². The summed E-state index contributed by atoms with van der Waals surface area (Å²) in [6.45, 7) is 0. The largest absolute Gasteiger partial charge is 0.481 e. The molecular formula is C10H10ClFO3. The molecule has 82 valence electrons. The van der Waals surface area contributed by atoms with Crippen LogP contribution < -0.4 is 0 Å². The van der Waals surface area contributed by atoms with E-state index >= 15 is 0 Å². The van der Waals surface area contributed by atoms with Gasteiger partial charge in [-0.3, -0.25) is 4.79 Å². The third-order valence-electron chi connectivity index (χ3n) is 1.95. The first-order valence-electron chi connectivity index (χ1n) is 4.24. The van der Waals surface area contributed by atoms with Gasteiger partial charge in [-0.15, -0.1) is 0 Å². The minimum absolute atomic E-state index is 0.250. The number of halogens is 2. The first kappa shape index (κ1) is 11.9. The number of carboxylic acids is 1. The lowest BCUT2D eigenvalue weighted by atomic mass is 10.1. The van der Waals surface area contributed by atoms with Crippen LogP contribution >= 0.6 is 11.6 Å². The highest BCUT2D eigenvalue weighted by molar-refractivity contribution is 6.31. The lowest BCUT2D eigenvalue weighted by Crippen LogP contribution is -2.09. The zero-order chi connectivity index (χ0) is 11.4. The number of hydrogen-bond donors (Lipinski definition) is 1. The SMILES string of the molecule is COC(CC(=O)O)c1cc(F)ccc1Cl. The molecule has 0 saturated heterocycles. The van der Waals surface area contributed by atoms with Gasteiger partial charge in [-0.05, 0) is 18.2 Å². The molecule has 0 aromatic heterocycles. The fourth-order valence-electron chi connectivity index (χ4n) is 1.24. The van der Waals surface area contributed by atoms with Gasteiger partial charge in [0.1, 0.15) is 5.82 Å². The van der Waals surface area contributed by atoms with E-state index in [1.54, 1.807) is 0 Å². The van der Waals surface area contributed by atoms with E-state index < -0.39 is 17.9 Å². The molecule has 1 unspecified atom stereocenters. The van der Waals surface area contributed by atoms with Gasteiger partial charge in [0.15, 0.2) is 0 Å². The van der Waals surface area contributed by atoms with Crippen LogP contribution in [0.4, 0.5) is 4.39 Å². The lowest BCUT2D eigenvalue weighted by molar-refractivity contribution is -0.139. The number of carbonyl (C=O) groups is 1. The van der Waals surface area contributed by atoms with Crippen molar-refractivity contribution in [2.24, 2.45) is 0 Å². The van der Waals surface area contributed by atoms with Crippen LogP contribution in [0.3, 0.4) is 0 Å². The van der Waals surface area contributed by atoms with Crippen LogP contribution in [0.5, 0.6) is 0 Å². The summed E-state index contributed by atoms with van der Waals surface area (Å²) in [5, 5.41) is 8.92. The summed E-state index contributed by atoms with van der Waals surface area (Å²) in [7, 11) is 1.36. The van der Waals surface area contributed by atoms with Gasteiger partial charge in [-0.2, -0.15) is 0 Å². The molecule has 3 nitrogen and oxygen atoms in total. The average Bonchev–Trinajstić information content (AvgIpc) is 2.18. The number of benzene rings is 1. The maximum atomic E-state index is 12.9. The van der Waals surface area contributed by atoms with Crippen LogP contribution in [0.25, 0.3) is 0 Å². The predicted molar refractivity (Wildman–Crippen MR) is 53.4 cm³/mol. The van der Waals surface area contributed by atoms with Crippen molar-refractivity contribution < 1.29 is 19.0 Å². The molecule has 0 aliphatic rings. The molecule has 0 spiro atoms. The van der Waals surface area contributed by atoms with Crippen molar-refractivity contribution in [3.05, 3.63) is 34.6 Å². The third-order valence-corrected chi connectivity index (χ3v) is 2.29. The Kier molecular flexibility index (Phi) is 4.05. The van der Waals surface area contributed by atoms with Gasteiger partial charge < -0.3 is 9.84 Å². The van der Waals surface area contributed by atoms with E-state index in [0.29, 0.717) is 10.6 Å². The van der Waals surface area contributed by atoms with E-state index in [0.717, 1.165) is 0 Å². The van der Waals surface area contributed by atoms with Gasteiger partial charge in [0, 0.05) is 17.7 Å². The molecule has 0 aliphatic heterocycles. The molecule has 1 atom stereocenters. The van der Waals surface area contributed by atoms with Crippen molar-refractivity contribution in [2.75, 3.05) is 7.11 Å². The van der Waals surface area contributed by atoms with Crippen molar-refractivity contribution in [3.63, 3.8) is 0 Å². The monoisotopic (exact) mass is 232 g/mol. The quantitative estimate of drug-likeness (QED) is 0.868. The molecular weight excluding hydrogens is 223 g/mol. The Morgan fingerprint density at radius 2 is 2.33 bits per heavy atom. The number of aliphatic carboxylic acids is 1. The van der Waals surface area contributed by atoms with Crippen LogP contribution in [-0.4, -0.2) is 18.2 Å². The number of ether oxygens (including phenoxy) is 1. The van der Waals surface area contributed by atoms with Crippen molar-refractivity contribution in [1.82, 2.24) is 0 Å². The Bertz CT molecular complexity index is 368. The second kappa shape index (κ2) is 5.09. The summed E-state index contributed by atoms with van der Waals surface area (Å²) in [4.78, 5) is 10.5. The van der Waals surface area contributed by atoms with Gasteiger partial charge in [-0.1, -0.05) is 11.6 Å². The van der Waals surface area contributed by atoms with Gasteiger partial charge in [0.25, 0.3) is 0 Å². The Morgan fingerprint density at radius 3 is 2.87 bits per heavy atom. The second-order valence-corrected chi connectivity index (χ2v) is 3.40. The van der Waals surface area contributed by atoms with Crippen LogP contribution in [0, 0.1) is 5.82 Å². The maximum Gasteiger partial charge on any atom is 0.306 e. The number of methoxy groups -OCH3 is 1. The van der Waals surface area contributed by atoms with Crippen molar-refractivity contribution in [2.45, 2.75) is 12.5 Å². The third kappa shape index (κ3) is 3.18. The molecule has 0 amide bonds. The molecule has 1 rings (SSSR count). The summed E-state index contributed by atoms with van der Waals surface area (Å²) >= 11 is 5.81. The molecule has 0 bridgehead atoms. The fourth-order valence-corrected chi connectivity index (χ4v) is 1.48. The summed E-state index contributed by atoms with van der Waals surface area (Å²) in [6, 6.07) is 3.76. The molecule has 1 N–H and O–H groups in total. The summed E-state index contributed by atoms with van der Waals surface area (Å²) in [6.07, 6.45) is -0.981. The molecule has 0 radical (unpaired) electrons. The van der Waals surface area contributed by atoms with Crippen LogP contribution in [-0.2, 0) is 9.53 Å². The highest BCUT2D eigenvalue weighted by atomic mass is 35.5. The van der Waals surface area contributed by atoms with Crippen LogP contribution in [0.2, 0.25) is 5.02 Å². The number of rotatable bonds is 4. The minimum atomic E-state index is -1.03. The zero-order valence-electron chi connectivity index (χ0n) is 8.04. The Hall–Kier alpha value is -1.13. The predicted octanol–water partition coefficient (Wildman–Crippen LogP) is 2.64. The van der Waals surface area contributed by atoms with Crippen molar-refractivity contribution in [3.8, 4) is 0 Å². The molecule has 0 fully saturated rings. The van der Waals surface area contributed by atoms with E-state index in [1.807, 2.05) is 0 Å². The first-order valence-corrected chi connectivity index (χ1v) is 4.62. The molecule has 1 aromatic rings. The number of carboxylic acid groups (broad SMARTS) is 1. The van der Waals surface area contributed by atoms with Gasteiger partial charge in [0.2, 0.25) is 0 Å². The van der Waals surface area contributed by atoms with Crippen molar-refractivity contribution in [1.29, 1.82) is 0 Å². The van der Waals surface area contributed by atoms with Crippen LogP contribution in [0.15, 0.2) is 18.2 Å². The molecule has 5 heteroatoms. The molecule has 1 aromatic carbocycles. The highest BCUT2D eigenvalue weighted by Crippen LogP contribution is 2.28. The molecule has 0 saturated carbocycles. The topological polar surface area (TPSA) is 46.5 Å². The first-order chi connectivity index (χ1) is 7.04. The summed E-state index contributed by atoms with van der Waals surface area (Å²) < 4.78 is 17.9. The van der Waals surface area contributed by atoms with E-state index in [-0.39, 0.29) is 6.42 Å². The molecule has 0 heterocycles. The van der Waals surface area contributed by atoms with Crippen molar-refractivity contribution >= 4 is 17.6 Å². The smallest absolute Gasteiger partial charge is 0.306 e. The van der Waals surface area contributed by atoms with E-state index in [1.165, 1.54) is 25.3 Å². The second-order valence-electron chi connectivity index (χ2n) is 2.99. The summed E-state index contributed by atoms with van der Waals surface area (Å²) in [5.41, 5.74) is 0.349. The highest BCUT2D eigenvalue weighted by Gasteiger charge is 2.18. The zero-order valence-corrected chi connectivity index (χ0v) is 8.79. The fraction of sp³-hybridized carbons (Fsp3) is 0.300.